The van der Waals surface area contributed by atoms with Gasteiger partial charge in [0.2, 0.25) is 12.5 Å². The third-order valence-corrected chi connectivity index (χ3v) is 0.761. The number of alkyl halides is 4. The lowest BCUT2D eigenvalue weighted by molar-refractivity contribution is -0.146. The first-order valence-corrected chi connectivity index (χ1v) is 1.88. The van der Waals surface area contributed by atoms with Gasteiger partial charge in [-0.25, -0.2) is 4.39 Å². The number of ether oxygens (including phenoxy) is 1. The van der Waals surface area contributed by atoms with Crippen LogP contribution in [0.2, 0.25) is 0 Å². The monoisotopic (exact) mass is 130 g/mol. The second kappa shape index (κ2) is 1.34. The summed E-state index contributed by atoms with van der Waals surface area (Å²) in [5, 5.41) is 0. The molecule has 1 heterocycles. The van der Waals surface area contributed by atoms with Crippen LogP contribution in [-0.2, 0) is 4.74 Å². The predicted octanol–water partition coefficient (Wildman–Crippen LogP) is 1.24. The van der Waals surface area contributed by atoms with Gasteiger partial charge in [0.05, 0.1) is 0 Å². The van der Waals surface area contributed by atoms with Crippen LogP contribution in [0.5, 0.6) is 0 Å². The van der Waals surface area contributed by atoms with Crippen LogP contribution in [0.15, 0.2) is 0 Å². The van der Waals surface area contributed by atoms with Crippen molar-refractivity contribution in [1.29, 1.82) is 0 Å². The van der Waals surface area contributed by atoms with Gasteiger partial charge in [0.15, 0.2) is 0 Å². The van der Waals surface area contributed by atoms with Crippen LogP contribution in [0.3, 0.4) is 0 Å². The van der Waals surface area contributed by atoms with Crippen molar-refractivity contribution >= 4 is 0 Å². The van der Waals surface area contributed by atoms with Crippen LogP contribution in [0.4, 0.5) is 17.6 Å². The average molecular weight is 130 g/mol. The Bertz CT molecular complexity index is 97.9. The normalized spacial score (nSPS) is 37.5. The van der Waals surface area contributed by atoms with Crippen molar-refractivity contribution in [3.05, 3.63) is 0 Å². The lowest BCUT2D eigenvalue weighted by atomic mass is 10.5. The van der Waals surface area contributed by atoms with Crippen molar-refractivity contribution in [3.63, 3.8) is 0 Å². The van der Waals surface area contributed by atoms with Gasteiger partial charge in [0, 0.05) is 0 Å². The summed E-state index contributed by atoms with van der Waals surface area (Å²) in [6.07, 6.45) is -8.78. The summed E-state index contributed by atoms with van der Waals surface area (Å²) in [7, 11) is 0. The van der Waals surface area contributed by atoms with Gasteiger partial charge in [-0.15, -0.1) is 0 Å². The second-order valence-electron chi connectivity index (χ2n) is 1.45. The average Bonchev–Trinajstić information content (AvgIpc) is 2.13. The largest absolute Gasteiger partial charge is 0.420 e. The minimum Gasteiger partial charge on any atom is -0.327 e. The lowest BCUT2D eigenvalue weighted by Crippen LogP contribution is -2.17. The minimum absolute atomic E-state index is 2.12. The maximum atomic E-state index is 11.3. The predicted molar refractivity (Wildman–Crippen MR) is 15.8 cm³/mol. The number of hydrogen-bond donors (Lipinski definition) is 0. The summed E-state index contributed by atoms with van der Waals surface area (Å²) in [4.78, 5) is 0. The van der Waals surface area contributed by atoms with Crippen LogP contribution in [0.25, 0.3) is 0 Å². The Hall–Kier alpha value is -0.320. The van der Waals surface area contributed by atoms with Crippen molar-refractivity contribution in [1.82, 2.24) is 0 Å². The third-order valence-electron chi connectivity index (χ3n) is 0.761. The van der Waals surface area contributed by atoms with Crippen molar-refractivity contribution in [2.24, 2.45) is 0 Å². The molecule has 1 rings (SSSR count). The second-order valence-corrected chi connectivity index (χ2v) is 1.45. The molecule has 1 aliphatic rings. The maximum absolute atomic E-state index is 11.3. The first-order valence-electron chi connectivity index (χ1n) is 1.88. The summed E-state index contributed by atoms with van der Waals surface area (Å²) in [6.45, 7) is 0. The highest BCUT2D eigenvalue weighted by atomic mass is 19.4. The van der Waals surface area contributed by atoms with Crippen molar-refractivity contribution in [2.75, 3.05) is 0 Å². The highest BCUT2D eigenvalue weighted by Crippen LogP contribution is 2.37. The highest BCUT2D eigenvalue weighted by Gasteiger charge is 2.59. The Kier molecular flexibility index (Phi) is 0.974. The SMILES string of the molecule is FC1OC1C(F)(F)F. The van der Waals surface area contributed by atoms with Gasteiger partial charge in [-0.3, -0.25) is 0 Å². The molecule has 48 valence electrons. The Labute approximate surface area is 42.2 Å². The fourth-order valence-corrected chi connectivity index (χ4v) is 0.320. The first-order chi connectivity index (χ1) is 3.52. The zero-order chi connectivity index (χ0) is 6.36. The van der Waals surface area contributed by atoms with E-state index < -0.39 is 18.6 Å². The molecule has 1 aliphatic heterocycles. The standard InChI is InChI=1S/C3H2F4O/c4-2-1(8-2)3(5,6)7/h1-2H. The molecule has 0 amide bonds. The Balaban J connectivity index is 2.39. The van der Waals surface area contributed by atoms with Crippen LogP contribution in [0.1, 0.15) is 0 Å². The van der Waals surface area contributed by atoms with Gasteiger partial charge in [-0.2, -0.15) is 13.2 Å². The molecule has 1 saturated heterocycles. The van der Waals surface area contributed by atoms with Crippen LogP contribution in [-0.4, -0.2) is 18.6 Å². The molecular weight excluding hydrogens is 128 g/mol. The summed E-state index contributed by atoms with van der Waals surface area (Å²) < 4.78 is 48.2. The van der Waals surface area contributed by atoms with Gasteiger partial charge in [-0.05, 0) is 0 Å². The van der Waals surface area contributed by atoms with E-state index in [-0.39, 0.29) is 0 Å². The third kappa shape index (κ3) is 0.912. The van der Waals surface area contributed by atoms with Crippen LogP contribution >= 0.6 is 0 Å². The van der Waals surface area contributed by atoms with E-state index in [2.05, 4.69) is 4.74 Å². The molecule has 0 aromatic heterocycles. The van der Waals surface area contributed by atoms with E-state index in [0.717, 1.165) is 0 Å². The molecule has 0 radical (unpaired) electrons. The zero-order valence-corrected chi connectivity index (χ0v) is 3.57. The molecule has 0 aromatic carbocycles. The summed E-state index contributed by atoms with van der Waals surface area (Å²) in [6, 6.07) is 0. The highest BCUT2D eigenvalue weighted by molar-refractivity contribution is 4.82. The molecular formula is C3H2F4O. The first kappa shape index (κ1) is 5.81. The molecule has 0 spiro atoms. The van der Waals surface area contributed by atoms with Crippen LogP contribution < -0.4 is 0 Å². The minimum atomic E-state index is -4.51. The molecule has 0 aromatic rings. The topological polar surface area (TPSA) is 12.5 Å². The smallest absolute Gasteiger partial charge is 0.327 e. The Morgan fingerprint density at radius 3 is 1.62 bits per heavy atom. The molecule has 8 heavy (non-hydrogen) atoms. The van der Waals surface area contributed by atoms with E-state index in [1.54, 1.807) is 0 Å². The molecule has 2 atom stereocenters. The molecule has 5 heteroatoms. The van der Waals surface area contributed by atoms with Gasteiger partial charge >= 0.3 is 6.18 Å². The zero-order valence-electron chi connectivity index (χ0n) is 3.57. The summed E-state index contributed by atoms with van der Waals surface area (Å²) >= 11 is 0. The van der Waals surface area contributed by atoms with Gasteiger partial charge in [0.25, 0.3) is 0 Å². The molecule has 2 unspecified atom stereocenters. The van der Waals surface area contributed by atoms with Crippen molar-refractivity contribution < 1.29 is 22.3 Å². The molecule has 1 nitrogen and oxygen atoms in total. The van der Waals surface area contributed by atoms with E-state index in [0.29, 0.717) is 0 Å². The quantitative estimate of drug-likeness (QED) is 0.355. The Morgan fingerprint density at radius 1 is 1.25 bits per heavy atom. The molecule has 0 aliphatic carbocycles. The van der Waals surface area contributed by atoms with E-state index in [1.165, 1.54) is 0 Å². The number of rotatable bonds is 0. The number of halogens is 4. The van der Waals surface area contributed by atoms with E-state index in [9.17, 15) is 17.6 Å². The summed E-state index contributed by atoms with van der Waals surface area (Å²) in [5.74, 6) is 0. The van der Waals surface area contributed by atoms with Crippen molar-refractivity contribution in [3.8, 4) is 0 Å². The van der Waals surface area contributed by atoms with Gasteiger partial charge in [-0.1, -0.05) is 0 Å². The lowest BCUT2D eigenvalue weighted by Gasteiger charge is -1.96. The number of hydrogen-bond acceptors (Lipinski definition) is 1. The fraction of sp³-hybridized carbons (Fsp3) is 1.00. The molecule has 0 bridgehead atoms. The van der Waals surface area contributed by atoms with E-state index in [1.807, 2.05) is 0 Å². The van der Waals surface area contributed by atoms with Crippen molar-refractivity contribution in [2.45, 2.75) is 18.6 Å². The maximum Gasteiger partial charge on any atom is 0.420 e. The van der Waals surface area contributed by atoms with E-state index in [4.69, 9.17) is 0 Å². The fourth-order valence-electron chi connectivity index (χ4n) is 0.320. The number of epoxide rings is 1. The molecule has 1 fully saturated rings. The summed E-state index contributed by atoms with van der Waals surface area (Å²) in [5.41, 5.74) is 0. The van der Waals surface area contributed by atoms with Crippen LogP contribution in [0, 0.1) is 0 Å². The van der Waals surface area contributed by atoms with Gasteiger partial charge < -0.3 is 4.74 Å². The van der Waals surface area contributed by atoms with Gasteiger partial charge in [0.1, 0.15) is 0 Å². The molecule has 0 saturated carbocycles. The molecule has 0 N–H and O–H groups in total. The Morgan fingerprint density at radius 2 is 1.62 bits per heavy atom. The van der Waals surface area contributed by atoms with E-state index >= 15 is 0 Å².